The average molecular weight is 201 g/mol. The molecule has 0 saturated carbocycles. The Morgan fingerprint density at radius 1 is 1.54 bits per heavy atom. The SMILES string of the molecule is COc1ccc([C@@H](N)CN)c(Cl)c1. The van der Waals surface area contributed by atoms with E-state index in [1.807, 2.05) is 12.1 Å². The summed E-state index contributed by atoms with van der Waals surface area (Å²) in [4.78, 5) is 0. The quantitative estimate of drug-likeness (QED) is 0.774. The summed E-state index contributed by atoms with van der Waals surface area (Å²) < 4.78 is 5.01. The summed E-state index contributed by atoms with van der Waals surface area (Å²) in [5.74, 6) is 0.720. The van der Waals surface area contributed by atoms with Crippen molar-refractivity contribution in [2.45, 2.75) is 6.04 Å². The highest BCUT2D eigenvalue weighted by Gasteiger charge is 2.08. The minimum absolute atomic E-state index is 0.210. The molecule has 4 N–H and O–H groups in total. The zero-order valence-corrected chi connectivity index (χ0v) is 8.21. The summed E-state index contributed by atoms with van der Waals surface area (Å²) in [5.41, 5.74) is 12.0. The van der Waals surface area contributed by atoms with Gasteiger partial charge in [0.2, 0.25) is 0 Å². The van der Waals surface area contributed by atoms with Crippen LogP contribution in [-0.2, 0) is 0 Å². The molecular formula is C9H13ClN2O. The minimum atomic E-state index is -0.210. The Labute approximate surface area is 82.6 Å². The molecule has 1 aromatic rings. The maximum Gasteiger partial charge on any atom is 0.120 e. The minimum Gasteiger partial charge on any atom is -0.497 e. The predicted molar refractivity (Wildman–Crippen MR) is 54.0 cm³/mol. The van der Waals surface area contributed by atoms with Gasteiger partial charge in [-0.15, -0.1) is 0 Å². The van der Waals surface area contributed by atoms with Crippen molar-refractivity contribution in [2.75, 3.05) is 13.7 Å². The van der Waals surface area contributed by atoms with Gasteiger partial charge in [0, 0.05) is 17.6 Å². The van der Waals surface area contributed by atoms with Crippen molar-refractivity contribution in [1.29, 1.82) is 0 Å². The number of hydrogen-bond acceptors (Lipinski definition) is 3. The van der Waals surface area contributed by atoms with E-state index in [9.17, 15) is 0 Å². The van der Waals surface area contributed by atoms with Gasteiger partial charge in [-0.1, -0.05) is 17.7 Å². The molecular weight excluding hydrogens is 188 g/mol. The average Bonchev–Trinajstić information content (AvgIpc) is 2.16. The third kappa shape index (κ3) is 2.34. The van der Waals surface area contributed by atoms with Crippen molar-refractivity contribution in [2.24, 2.45) is 11.5 Å². The number of rotatable bonds is 3. The summed E-state index contributed by atoms with van der Waals surface area (Å²) in [6, 6.07) is 5.17. The van der Waals surface area contributed by atoms with Crippen LogP contribution in [-0.4, -0.2) is 13.7 Å². The largest absolute Gasteiger partial charge is 0.497 e. The van der Waals surface area contributed by atoms with Gasteiger partial charge in [0.25, 0.3) is 0 Å². The van der Waals surface area contributed by atoms with E-state index in [0.29, 0.717) is 11.6 Å². The molecule has 0 amide bonds. The normalized spacial score (nSPS) is 12.6. The molecule has 1 rings (SSSR count). The first-order chi connectivity index (χ1) is 6.19. The molecule has 0 aliphatic rings. The molecule has 13 heavy (non-hydrogen) atoms. The monoisotopic (exact) mass is 200 g/mol. The zero-order chi connectivity index (χ0) is 9.84. The lowest BCUT2D eigenvalue weighted by Crippen LogP contribution is -2.20. The van der Waals surface area contributed by atoms with Gasteiger partial charge in [-0.3, -0.25) is 0 Å². The summed E-state index contributed by atoms with van der Waals surface area (Å²) in [7, 11) is 1.59. The molecule has 1 atom stereocenters. The maximum absolute atomic E-state index is 5.97. The van der Waals surface area contributed by atoms with Gasteiger partial charge < -0.3 is 16.2 Å². The Kier molecular flexibility index (Phi) is 3.54. The number of nitrogens with two attached hydrogens (primary N) is 2. The van der Waals surface area contributed by atoms with Gasteiger partial charge in [0.05, 0.1) is 7.11 Å². The van der Waals surface area contributed by atoms with Crippen LogP contribution in [0.4, 0.5) is 0 Å². The van der Waals surface area contributed by atoms with Gasteiger partial charge in [0.1, 0.15) is 5.75 Å². The smallest absolute Gasteiger partial charge is 0.120 e. The third-order valence-electron chi connectivity index (χ3n) is 1.86. The van der Waals surface area contributed by atoms with E-state index in [-0.39, 0.29) is 6.04 Å². The van der Waals surface area contributed by atoms with Gasteiger partial charge in [-0.25, -0.2) is 0 Å². The van der Waals surface area contributed by atoms with E-state index in [1.165, 1.54) is 0 Å². The van der Waals surface area contributed by atoms with Gasteiger partial charge >= 0.3 is 0 Å². The van der Waals surface area contributed by atoms with Gasteiger partial charge in [0.15, 0.2) is 0 Å². The molecule has 0 heterocycles. The molecule has 0 aliphatic heterocycles. The van der Waals surface area contributed by atoms with Crippen LogP contribution in [0.5, 0.6) is 5.75 Å². The van der Waals surface area contributed by atoms with E-state index in [2.05, 4.69) is 0 Å². The number of hydrogen-bond donors (Lipinski definition) is 2. The Morgan fingerprint density at radius 2 is 2.23 bits per heavy atom. The number of halogens is 1. The number of methoxy groups -OCH3 is 1. The van der Waals surface area contributed by atoms with Crippen molar-refractivity contribution >= 4 is 11.6 Å². The molecule has 0 radical (unpaired) electrons. The molecule has 0 saturated heterocycles. The fraction of sp³-hybridized carbons (Fsp3) is 0.333. The Morgan fingerprint density at radius 3 is 2.69 bits per heavy atom. The van der Waals surface area contributed by atoms with Crippen LogP contribution in [0.2, 0.25) is 5.02 Å². The van der Waals surface area contributed by atoms with E-state index < -0.39 is 0 Å². The van der Waals surface area contributed by atoms with Crippen molar-refractivity contribution in [3.05, 3.63) is 28.8 Å². The Balaban J connectivity index is 2.98. The lowest BCUT2D eigenvalue weighted by Gasteiger charge is -2.11. The van der Waals surface area contributed by atoms with Crippen LogP contribution >= 0.6 is 11.6 Å². The molecule has 72 valence electrons. The second-order valence-corrected chi connectivity index (χ2v) is 3.14. The topological polar surface area (TPSA) is 61.3 Å². The summed E-state index contributed by atoms with van der Waals surface area (Å²) in [5, 5.41) is 0.595. The summed E-state index contributed by atoms with van der Waals surface area (Å²) >= 11 is 5.97. The van der Waals surface area contributed by atoms with Crippen LogP contribution in [0.15, 0.2) is 18.2 Å². The van der Waals surface area contributed by atoms with E-state index in [0.717, 1.165) is 11.3 Å². The molecule has 1 aromatic carbocycles. The van der Waals surface area contributed by atoms with E-state index in [1.54, 1.807) is 13.2 Å². The third-order valence-corrected chi connectivity index (χ3v) is 2.19. The Bertz CT molecular complexity index is 291. The molecule has 0 aromatic heterocycles. The van der Waals surface area contributed by atoms with E-state index >= 15 is 0 Å². The van der Waals surface area contributed by atoms with Crippen molar-refractivity contribution in [1.82, 2.24) is 0 Å². The van der Waals surface area contributed by atoms with Crippen LogP contribution in [0.1, 0.15) is 11.6 Å². The first-order valence-electron chi connectivity index (χ1n) is 3.98. The molecule has 0 spiro atoms. The van der Waals surface area contributed by atoms with Crippen LogP contribution in [0, 0.1) is 0 Å². The summed E-state index contributed by atoms with van der Waals surface area (Å²) in [6.07, 6.45) is 0. The first kappa shape index (κ1) is 10.3. The fourth-order valence-corrected chi connectivity index (χ4v) is 1.37. The second-order valence-electron chi connectivity index (χ2n) is 2.73. The van der Waals surface area contributed by atoms with Crippen LogP contribution < -0.4 is 16.2 Å². The van der Waals surface area contributed by atoms with Crippen molar-refractivity contribution < 1.29 is 4.74 Å². The van der Waals surface area contributed by atoms with Gasteiger partial charge in [-0.05, 0) is 17.7 Å². The Hall–Kier alpha value is -0.770. The summed E-state index contributed by atoms with van der Waals surface area (Å²) in [6.45, 7) is 0.381. The van der Waals surface area contributed by atoms with Crippen LogP contribution in [0.25, 0.3) is 0 Å². The number of ether oxygens (including phenoxy) is 1. The standard InChI is InChI=1S/C9H13ClN2O/c1-13-6-2-3-7(8(10)4-6)9(12)5-11/h2-4,9H,5,11-12H2,1H3/t9-/m0/s1. The molecule has 3 nitrogen and oxygen atoms in total. The lowest BCUT2D eigenvalue weighted by atomic mass is 10.1. The highest BCUT2D eigenvalue weighted by Crippen LogP contribution is 2.25. The number of benzene rings is 1. The van der Waals surface area contributed by atoms with Gasteiger partial charge in [-0.2, -0.15) is 0 Å². The van der Waals surface area contributed by atoms with Crippen molar-refractivity contribution in [3.63, 3.8) is 0 Å². The predicted octanol–water partition coefficient (Wildman–Crippen LogP) is 1.31. The highest BCUT2D eigenvalue weighted by atomic mass is 35.5. The first-order valence-corrected chi connectivity index (χ1v) is 4.36. The van der Waals surface area contributed by atoms with Crippen LogP contribution in [0.3, 0.4) is 0 Å². The molecule has 0 fully saturated rings. The lowest BCUT2D eigenvalue weighted by molar-refractivity contribution is 0.414. The highest BCUT2D eigenvalue weighted by molar-refractivity contribution is 6.31. The zero-order valence-electron chi connectivity index (χ0n) is 7.46. The molecule has 0 aliphatic carbocycles. The molecule has 4 heteroatoms. The molecule has 0 bridgehead atoms. The maximum atomic E-state index is 5.97. The molecule has 0 unspecified atom stereocenters. The fourth-order valence-electron chi connectivity index (χ4n) is 1.06. The second kappa shape index (κ2) is 4.46. The van der Waals surface area contributed by atoms with E-state index in [4.69, 9.17) is 27.8 Å². The van der Waals surface area contributed by atoms with Crippen molar-refractivity contribution in [3.8, 4) is 5.75 Å².